The van der Waals surface area contributed by atoms with Crippen LogP contribution in [0.2, 0.25) is 5.15 Å². The van der Waals surface area contributed by atoms with E-state index in [0.717, 1.165) is 5.69 Å². The fourth-order valence-electron chi connectivity index (χ4n) is 1.61. The molecule has 94 valence electrons. The maximum atomic E-state index is 11.1. The monoisotopic (exact) mass is 266 g/mol. The fraction of sp³-hybridized carbons (Fsp3) is 0.273. The molecule has 0 unspecified atom stereocenters. The molecule has 0 aliphatic heterocycles. The van der Waals surface area contributed by atoms with Gasteiger partial charge in [-0.3, -0.25) is 0 Å². The van der Waals surface area contributed by atoms with Crippen molar-refractivity contribution in [2.75, 3.05) is 0 Å². The summed E-state index contributed by atoms with van der Waals surface area (Å²) in [6.07, 6.45) is 1.87. The van der Waals surface area contributed by atoms with Gasteiger partial charge in [-0.15, -0.1) is 0 Å². The Hall–Kier alpha value is -1.95. The number of hydrogen-bond acceptors (Lipinski definition) is 4. The van der Waals surface area contributed by atoms with Crippen LogP contribution in [0.4, 0.5) is 0 Å². The lowest BCUT2D eigenvalue weighted by Crippen LogP contribution is -2.02. The number of carboxylic acid groups (broad SMARTS) is 1. The molecule has 0 saturated carbocycles. The summed E-state index contributed by atoms with van der Waals surface area (Å²) in [5.41, 5.74) is 1.21. The van der Waals surface area contributed by atoms with Crippen LogP contribution in [0.15, 0.2) is 12.4 Å². The molecule has 0 radical (unpaired) electrons. The highest BCUT2D eigenvalue weighted by atomic mass is 35.5. The van der Waals surface area contributed by atoms with Crippen LogP contribution in [-0.2, 0) is 6.42 Å². The van der Waals surface area contributed by atoms with Gasteiger partial charge in [0.25, 0.3) is 0 Å². The summed E-state index contributed by atoms with van der Waals surface area (Å²) in [6.45, 7) is 3.63. The third kappa shape index (κ3) is 2.06. The summed E-state index contributed by atoms with van der Waals surface area (Å²) in [5, 5.41) is 13.3. The molecule has 0 aliphatic carbocycles. The Morgan fingerprint density at radius 1 is 1.50 bits per heavy atom. The molecule has 7 heteroatoms. The topological polar surface area (TPSA) is 80.9 Å². The standard InChI is InChI=1S/C11H11ClN4O2/c1-3-7-9(11(17)18)10(12)16(15-7)8-4-6(2)13-5-14-8/h4-5H,3H2,1-2H3,(H,17,18). The van der Waals surface area contributed by atoms with Crippen LogP contribution in [0, 0.1) is 6.92 Å². The molecular weight excluding hydrogens is 256 g/mol. The molecule has 0 saturated heterocycles. The number of hydrogen-bond donors (Lipinski definition) is 1. The van der Waals surface area contributed by atoms with Crippen LogP contribution in [-0.4, -0.2) is 30.8 Å². The van der Waals surface area contributed by atoms with Crippen LogP contribution >= 0.6 is 11.6 Å². The van der Waals surface area contributed by atoms with Crippen molar-refractivity contribution in [3.05, 3.63) is 34.5 Å². The van der Waals surface area contributed by atoms with Gasteiger partial charge in [-0.2, -0.15) is 5.10 Å². The van der Waals surface area contributed by atoms with Crippen molar-refractivity contribution >= 4 is 17.6 Å². The van der Waals surface area contributed by atoms with Crippen LogP contribution in [0.1, 0.15) is 28.7 Å². The summed E-state index contributed by atoms with van der Waals surface area (Å²) in [5.74, 6) is -0.636. The number of carboxylic acids is 1. The zero-order chi connectivity index (χ0) is 13.3. The second kappa shape index (κ2) is 4.73. The Labute approximate surface area is 108 Å². The minimum Gasteiger partial charge on any atom is -0.478 e. The van der Waals surface area contributed by atoms with E-state index in [-0.39, 0.29) is 10.7 Å². The van der Waals surface area contributed by atoms with E-state index >= 15 is 0 Å². The smallest absolute Gasteiger partial charge is 0.340 e. The molecule has 1 N–H and O–H groups in total. The Bertz CT molecular complexity index is 609. The summed E-state index contributed by atoms with van der Waals surface area (Å²) in [4.78, 5) is 19.1. The van der Waals surface area contributed by atoms with Gasteiger partial charge in [0, 0.05) is 11.8 Å². The minimum atomic E-state index is -1.09. The normalized spacial score (nSPS) is 10.6. The van der Waals surface area contributed by atoms with Crippen molar-refractivity contribution < 1.29 is 9.90 Å². The molecule has 2 aromatic heterocycles. The largest absolute Gasteiger partial charge is 0.478 e. The second-order valence-corrected chi connectivity index (χ2v) is 4.06. The maximum Gasteiger partial charge on any atom is 0.340 e. The number of aryl methyl sites for hydroxylation is 2. The van der Waals surface area contributed by atoms with Crippen molar-refractivity contribution in [2.45, 2.75) is 20.3 Å². The molecule has 0 aliphatic rings. The van der Waals surface area contributed by atoms with E-state index in [2.05, 4.69) is 15.1 Å². The van der Waals surface area contributed by atoms with E-state index in [1.54, 1.807) is 13.0 Å². The first kappa shape index (κ1) is 12.5. The van der Waals surface area contributed by atoms with Crippen LogP contribution < -0.4 is 0 Å². The van der Waals surface area contributed by atoms with Gasteiger partial charge in [0.2, 0.25) is 0 Å². The van der Waals surface area contributed by atoms with E-state index in [1.165, 1.54) is 11.0 Å². The molecule has 0 amide bonds. The highest BCUT2D eigenvalue weighted by Crippen LogP contribution is 2.23. The van der Waals surface area contributed by atoms with Crippen molar-refractivity contribution in [1.29, 1.82) is 0 Å². The van der Waals surface area contributed by atoms with Gasteiger partial charge in [0.15, 0.2) is 5.82 Å². The maximum absolute atomic E-state index is 11.1. The number of carbonyl (C=O) groups is 1. The summed E-state index contributed by atoms with van der Waals surface area (Å²) in [6, 6.07) is 1.68. The molecule has 18 heavy (non-hydrogen) atoms. The van der Waals surface area contributed by atoms with Gasteiger partial charge in [-0.1, -0.05) is 18.5 Å². The second-order valence-electron chi connectivity index (χ2n) is 3.70. The van der Waals surface area contributed by atoms with Crippen LogP contribution in [0.3, 0.4) is 0 Å². The van der Waals surface area contributed by atoms with Gasteiger partial charge in [-0.25, -0.2) is 19.4 Å². The molecule has 0 bridgehead atoms. The SMILES string of the molecule is CCc1nn(-c2cc(C)ncn2)c(Cl)c1C(=O)O. The van der Waals surface area contributed by atoms with Gasteiger partial charge in [0.1, 0.15) is 17.0 Å². The first-order chi connectivity index (χ1) is 8.54. The quantitative estimate of drug-likeness (QED) is 0.917. The zero-order valence-electron chi connectivity index (χ0n) is 9.88. The third-order valence-corrected chi connectivity index (χ3v) is 2.81. The van der Waals surface area contributed by atoms with E-state index in [0.29, 0.717) is 17.9 Å². The molecule has 2 aromatic rings. The van der Waals surface area contributed by atoms with E-state index < -0.39 is 5.97 Å². The van der Waals surface area contributed by atoms with E-state index in [9.17, 15) is 4.79 Å². The molecular formula is C11H11ClN4O2. The summed E-state index contributed by atoms with van der Waals surface area (Å²) >= 11 is 6.05. The number of halogens is 1. The van der Waals surface area contributed by atoms with Crippen molar-refractivity contribution in [1.82, 2.24) is 19.7 Å². The summed E-state index contributed by atoms with van der Waals surface area (Å²) in [7, 11) is 0. The fourth-order valence-corrected chi connectivity index (χ4v) is 1.92. The molecule has 0 fully saturated rings. The number of rotatable bonds is 3. The number of nitrogens with zero attached hydrogens (tertiary/aromatic N) is 4. The van der Waals surface area contributed by atoms with E-state index in [1.807, 2.05) is 6.92 Å². The first-order valence-electron chi connectivity index (χ1n) is 5.34. The third-order valence-electron chi connectivity index (χ3n) is 2.46. The average molecular weight is 267 g/mol. The Morgan fingerprint density at radius 3 is 2.72 bits per heavy atom. The Kier molecular flexibility index (Phi) is 3.29. The number of aromatic carboxylic acids is 1. The molecule has 6 nitrogen and oxygen atoms in total. The predicted molar refractivity (Wildman–Crippen MR) is 65.2 cm³/mol. The highest BCUT2D eigenvalue weighted by Gasteiger charge is 2.22. The van der Waals surface area contributed by atoms with Gasteiger partial charge < -0.3 is 5.11 Å². The van der Waals surface area contributed by atoms with Crippen molar-refractivity contribution in [3.63, 3.8) is 0 Å². The van der Waals surface area contributed by atoms with Gasteiger partial charge in [0.05, 0.1) is 5.69 Å². The molecule has 0 spiro atoms. The van der Waals surface area contributed by atoms with Crippen LogP contribution in [0.25, 0.3) is 5.82 Å². The van der Waals surface area contributed by atoms with Gasteiger partial charge >= 0.3 is 5.97 Å². The Morgan fingerprint density at radius 2 is 2.22 bits per heavy atom. The lowest BCUT2D eigenvalue weighted by atomic mass is 10.2. The van der Waals surface area contributed by atoms with Crippen molar-refractivity contribution in [3.8, 4) is 5.82 Å². The lowest BCUT2D eigenvalue weighted by Gasteiger charge is -2.01. The highest BCUT2D eigenvalue weighted by molar-refractivity contribution is 6.32. The lowest BCUT2D eigenvalue weighted by molar-refractivity contribution is 0.0696. The molecule has 2 heterocycles. The zero-order valence-corrected chi connectivity index (χ0v) is 10.6. The molecule has 0 aromatic carbocycles. The van der Waals surface area contributed by atoms with Crippen molar-refractivity contribution in [2.24, 2.45) is 0 Å². The summed E-state index contributed by atoms with van der Waals surface area (Å²) < 4.78 is 1.32. The average Bonchev–Trinajstić information content (AvgIpc) is 2.66. The Balaban J connectivity index is 2.63. The van der Waals surface area contributed by atoms with Gasteiger partial charge in [-0.05, 0) is 13.3 Å². The minimum absolute atomic E-state index is 0.0235. The van der Waals surface area contributed by atoms with Crippen LogP contribution in [0.5, 0.6) is 0 Å². The molecule has 0 atom stereocenters. The number of aromatic nitrogens is 4. The predicted octanol–water partition coefficient (Wildman–Crippen LogP) is 1.88. The molecule has 2 rings (SSSR count). The van der Waals surface area contributed by atoms with E-state index in [4.69, 9.17) is 16.7 Å². The first-order valence-corrected chi connectivity index (χ1v) is 5.72.